The van der Waals surface area contributed by atoms with Crippen molar-refractivity contribution in [3.8, 4) is 0 Å². The molecule has 0 saturated heterocycles. The van der Waals surface area contributed by atoms with Gasteiger partial charge in [0.2, 0.25) is 0 Å². The molecule has 1 aromatic carbocycles. The Morgan fingerprint density at radius 1 is 1.31 bits per heavy atom. The molecule has 0 heterocycles. The van der Waals surface area contributed by atoms with E-state index in [0.717, 1.165) is 17.6 Å². The van der Waals surface area contributed by atoms with E-state index < -0.39 is 6.16 Å². The first kappa shape index (κ1) is 12.3. The molecule has 0 unspecified atom stereocenters. The first-order valence-electron chi connectivity index (χ1n) is 5.21. The largest absolute Gasteiger partial charge is 0.508 e. The fourth-order valence-corrected chi connectivity index (χ4v) is 1.24. The average Bonchev–Trinajstić information content (AvgIpc) is 2.35. The van der Waals surface area contributed by atoms with Crippen LogP contribution in [-0.2, 0) is 9.47 Å². The van der Waals surface area contributed by atoms with E-state index in [1.807, 2.05) is 43.3 Å². The number of ether oxygens (including phenoxy) is 2. The second-order valence-corrected chi connectivity index (χ2v) is 3.31. The molecular formula is C13H16O3. The maximum Gasteiger partial charge on any atom is 0.508 e. The third kappa shape index (κ3) is 4.17. The molecule has 0 aliphatic rings. The van der Waals surface area contributed by atoms with Crippen molar-refractivity contribution in [1.29, 1.82) is 0 Å². The number of carbonyl (C=O) groups excluding carboxylic acids is 1. The van der Waals surface area contributed by atoms with Gasteiger partial charge in [0, 0.05) is 0 Å². The van der Waals surface area contributed by atoms with Gasteiger partial charge in [-0.3, -0.25) is 0 Å². The second kappa shape index (κ2) is 6.67. The molecule has 0 N–H and O–H groups in total. The van der Waals surface area contributed by atoms with Crippen molar-refractivity contribution in [3.63, 3.8) is 0 Å². The molecule has 0 aromatic heterocycles. The lowest BCUT2D eigenvalue weighted by atomic mass is 10.1. The number of methoxy groups -OCH3 is 1. The van der Waals surface area contributed by atoms with Crippen LogP contribution in [0.2, 0.25) is 0 Å². The highest BCUT2D eigenvalue weighted by atomic mass is 16.7. The highest BCUT2D eigenvalue weighted by molar-refractivity contribution is 5.60. The summed E-state index contributed by atoms with van der Waals surface area (Å²) in [4.78, 5) is 10.8. The van der Waals surface area contributed by atoms with Crippen LogP contribution in [0.5, 0.6) is 0 Å². The van der Waals surface area contributed by atoms with E-state index in [1.165, 1.54) is 7.11 Å². The number of rotatable bonds is 4. The lowest BCUT2D eigenvalue weighted by molar-refractivity contribution is 0.0796. The van der Waals surface area contributed by atoms with Gasteiger partial charge in [-0.1, -0.05) is 43.3 Å². The Labute approximate surface area is 95.7 Å². The minimum atomic E-state index is -0.646. The Morgan fingerprint density at radius 3 is 2.56 bits per heavy atom. The molecule has 0 aliphatic heterocycles. The van der Waals surface area contributed by atoms with Crippen LogP contribution in [-0.4, -0.2) is 19.9 Å². The summed E-state index contributed by atoms with van der Waals surface area (Å²) < 4.78 is 9.29. The van der Waals surface area contributed by atoms with Gasteiger partial charge in [0.25, 0.3) is 0 Å². The Hall–Kier alpha value is -1.77. The summed E-state index contributed by atoms with van der Waals surface area (Å²) in [5.41, 5.74) is 2.16. The quantitative estimate of drug-likeness (QED) is 0.730. The molecule has 0 aliphatic carbocycles. The fourth-order valence-electron chi connectivity index (χ4n) is 1.24. The van der Waals surface area contributed by atoms with Gasteiger partial charge in [0.05, 0.1) is 7.11 Å². The van der Waals surface area contributed by atoms with Crippen LogP contribution in [0.15, 0.2) is 35.9 Å². The van der Waals surface area contributed by atoms with Gasteiger partial charge in [0.1, 0.15) is 6.61 Å². The topological polar surface area (TPSA) is 35.5 Å². The normalized spacial score (nSPS) is 11.0. The molecule has 1 rings (SSSR count). The van der Waals surface area contributed by atoms with Crippen molar-refractivity contribution in [1.82, 2.24) is 0 Å². The molecule has 0 bridgehead atoms. The zero-order chi connectivity index (χ0) is 11.8. The minimum absolute atomic E-state index is 0.276. The number of hydrogen-bond acceptors (Lipinski definition) is 3. The van der Waals surface area contributed by atoms with Crippen molar-refractivity contribution in [3.05, 3.63) is 41.5 Å². The molecule has 0 saturated carbocycles. The van der Waals surface area contributed by atoms with E-state index in [1.54, 1.807) is 0 Å². The van der Waals surface area contributed by atoms with Crippen molar-refractivity contribution in [2.75, 3.05) is 13.7 Å². The zero-order valence-corrected chi connectivity index (χ0v) is 9.60. The van der Waals surface area contributed by atoms with Crippen LogP contribution in [0.4, 0.5) is 4.79 Å². The number of benzene rings is 1. The van der Waals surface area contributed by atoms with Crippen LogP contribution in [0.25, 0.3) is 6.08 Å². The van der Waals surface area contributed by atoms with E-state index in [9.17, 15) is 4.79 Å². The van der Waals surface area contributed by atoms with Crippen molar-refractivity contribution in [2.45, 2.75) is 13.3 Å². The van der Waals surface area contributed by atoms with Gasteiger partial charge in [-0.25, -0.2) is 4.79 Å². The SMILES string of the molecule is CC/C(=C\c1ccccc1)COC(=O)OC. The van der Waals surface area contributed by atoms with Gasteiger partial charge in [0.15, 0.2) is 0 Å². The molecule has 16 heavy (non-hydrogen) atoms. The van der Waals surface area contributed by atoms with Crippen LogP contribution in [0, 0.1) is 0 Å². The highest BCUT2D eigenvalue weighted by Crippen LogP contribution is 2.10. The summed E-state index contributed by atoms with van der Waals surface area (Å²) in [7, 11) is 1.30. The van der Waals surface area contributed by atoms with Crippen LogP contribution < -0.4 is 0 Å². The van der Waals surface area contributed by atoms with E-state index in [-0.39, 0.29) is 6.61 Å². The molecule has 3 heteroatoms. The monoisotopic (exact) mass is 220 g/mol. The van der Waals surface area contributed by atoms with E-state index in [4.69, 9.17) is 4.74 Å². The standard InChI is InChI=1S/C13H16O3/c1-3-11(10-16-13(14)15-2)9-12-7-5-4-6-8-12/h4-9H,3,10H2,1-2H3/b11-9+. The Morgan fingerprint density at radius 2 is 2.00 bits per heavy atom. The molecule has 1 aromatic rings. The smallest absolute Gasteiger partial charge is 0.438 e. The molecule has 0 radical (unpaired) electrons. The van der Waals surface area contributed by atoms with Gasteiger partial charge in [-0.2, -0.15) is 0 Å². The zero-order valence-electron chi connectivity index (χ0n) is 9.60. The fraction of sp³-hybridized carbons (Fsp3) is 0.308. The average molecular weight is 220 g/mol. The first-order valence-corrected chi connectivity index (χ1v) is 5.21. The third-order valence-electron chi connectivity index (χ3n) is 2.17. The molecule has 0 spiro atoms. The molecule has 86 valence electrons. The third-order valence-corrected chi connectivity index (χ3v) is 2.17. The summed E-state index contributed by atoms with van der Waals surface area (Å²) in [6.07, 6.45) is 2.21. The summed E-state index contributed by atoms with van der Waals surface area (Å²) in [6, 6.07) is 9.93. The highest BCUT2D eigenvalue weighted by Gasteiger charge is 2.02. The predicted octanol–water partition coefficient (Wildman–Crippen LogP) is 3.26. The number of carbonyl (C=O) groups is 1. The van der Waals surface area contributed by atoms with E-state index >= 15 is 0 Å². The Kier molecular flexibility index (Phi) is 5.12. The lowest BCUT2D eigenvalue weighted by Crippen LogP contribution is -2.06. The van der Waals surface area contributed by atoms with Gasteiger partial charge in [-0.05, 0) is 17.6 Å². The maximum atomic E-state index is 10.8. The van der Waals surface area contributed by atoms with Crippen molar-refractivity contribution >= 4 is 12.2 Å². The Balaban J connectivity index is 2.60. The minimum Gasteiger partial charge on any atom is -0.438 e. The molecule has 3 nitrogen and oxygen atoms in total. The predicted molar refractivity (Wildman–Crippen MR) is 63.1 cm³/mol. The van der Waals surface area contributed by atoms with Gasteiger partial charge >= 0.3 is 6.16 Å². The Bertz CT molecular complexity index is 355. The molecule has 0 fully saturated rings. The van der Waals surface area contributed by atoms with Crippen LogP contribution >= 0.6 is 0 Å². The van der Waals surface area contributed by atoms with E-state index in [0.29, 0.717) is 0 Å². The lowest BCUT2D eigenvalue weighted by Gasteiger charge is -2.05. The molecular weight excluding hydrogens is 204 g/mol. The molecule has 0 atom stereocenters. The van der Waals surface area contributed by atoms with E-state index in [2.05, 4.69) is 4.74 Å². The van der Waals surface area contributed by atoms with Crippen LogP contribution in [0.1, 0.15) is 18.9 Å². The van der Waals surface area contributed by atoms with Gasteiger partial charge in [-0.15, -0.1) is 0 Å². The number of hydrogen-bond donors (Lipinski definition) is 0. The summed E-state index contributed by atoms with van der Waals surface area (Å²) in [5.74, 6) is 0. The first-order chi connectivity index (χ1) is 7.76. The van der Waals surface area contributed by atoms with Crippen molar-refractivity contribution < 1.29 is 14.3 Å². The molecule has 0 amide bonds. The van der Waals surface area contributed by atoms with Gasteiger partial charge < -0.3 is 9.47 Å². The van der Waals surface area contributed by atoms with Crippen molar-refractivity contribution in [2.24, 2.45) is 0 Å². The summed E-state index contributed by atoms with van der Waals surface area (Å²) in [5, 5.41) is 0. The maximum absolute atomic E-state index is 10.8. The van der Waals surface area contributed by atoms with Crippen LogP contribution in [0.3, 0.4) is 0 Å². The summed E-state index contributed by atoms with van der Waals surface area (Å²) >= 11 is 0. The second-order valence-electron chi connectivity index (χ2n) is 3.31. The summed E-state index contributed by atoms with van der Waals surface area (Å²) in [6.45, 7) is 2.30.